The largest absolute Gasteiger partial charge is 0.463 e. The number of carbonyl (C=O) groups is 1. The van der Waals surface area contributed by atoms with E-state index >= 15 is 0 Å². The number of para-hydroxylation sites is 1. The van der Waals surface area contributed by atoms with E-state index in [4.69, 9.17) is 14.1 Å². The summed E-state index contributed by atoms with van der Waals surface area (Å²) in [5, 5.41) is 1.37. The molecule has 0 unspecified atom stereocenters. The Morgan fingerprint density at radius 2 is 2.09 bits per heavy atom. The fourth-order valence-corrected chi connectivity index (χ4v) is 6.41. The van der Waals surface area contributed by atoms with Crippen LogP contribution in [0.15, 0.2) is 56.8 Å². The fraction of sp³-hybridized carbons (Fsp3) is 0.292. The summed E-state index contributed by atoms with van der Waals surface area (Å²) in [5.41, 5.74) is 1.94. The fourth-order valence-electron chi connectivity index (χ4n) is 4.07. The van der Waals surface area contributed by atoms with Crippen LogP contribution in [0, 0.1) is 5.92 Å². The van der Waals surface area contributed by atoms with Crippen molar-refractivity contribution < 1.29 is 13.9 Å². The Labute approximate surface area is 193 Å². The second kappa shape index (κ2) is 8.60. The molecule has 1 aliphatic rings. The normalized spacial score (nSPS) is 15.6. The third kappa shape index (κ3) is 3.78. The topological polar surface area (TPSA) is 74.3 Å². The number of aryl methyl sites for hydroxylation is 1. The van der Waals surface area contributed by atoms with Crippen molar-refractivity contribution in [3.8, 4) is 5.69 Å². The zero-order valence-electron chi connectivity index (χ0n) is 17.8. The minimum absolute atomic E-state index is 0.0227. The summed E-state index contributed by atoms with van der Waals surface area (Å²) in [6.45, 7) is 2.26. The Bertz CT molecular complexity index is 1350. The molecule has 8 heteroatoms. The first kappa shape index (κ1) is 21.0. The van der Waals surface area contributed by atoms with Gasteiger partial charge < -0.3 is 9.15 Å². The predicted octanol–water partition coefficient (Wildman–Crippen LogP) is 5.24. The van der Waals surface area contributed by atoms with Crippen LogP contribution in [0.5, 0.6) is 0 Å². The number of furan rings is 1. The zero-order valence-corrected chi connectivity index (χ0v) is 19.4. The van der Waals surface area contributed by atoms with Crippen molar-refractivity contribution >= 4 is 39.3 Å². The van der Waals surface area contributed by atoms with Crippen LogP contribution in [0.3, 0.4) is 0 Å². The van der Waals surface area contributed by atoms with Gasteiger partial charge in [0.1, 0.15) is 10.6 Å². The quantitative estimate of drug-likeness (QED) is 0.227. The summed E-state index contributed by atoms with van der Waals surface area (Å²) in [6.07, 6.45) is 3.03. The predicted molar refractivity (Wildman–Crippen MR) is 126 cm³/mol. The lowest BCUT2D eigenvalue weighted by Crippen LogP contribution is -2.22. The maximum atomic E-state index is 13.7. The van der Waals surface area contributed by atoms with Crippen molar-refractivity contribution in [2.45, 2.75) is 37.1 Å². The molecule has 6 nitrogen and oxygen atoms in total. The summed E-state index contributed by atoms with van der Waals surface area (Å²) >= 11 is 3.06. The van der Waals surface area contributed by atoms with Gasteiger partial charge in [0.2, 0.25) is 5.76 Å². The molecule has 0 N–H and O–H groups in total. The van der Waals surface area contributed by atoms with Gasteiger partial charge in [-0.15, -0.1) is 11.3 Å². The summed E-state index contributed by atoms with van der Waals surface area (Å²) < 4.78 is 12.0. The molecule has 5 rings (SSSR count). The zero-order chi connectivity index (χ0) is 22.2. The number of ether oxygens (including phenoxy) is 1. The van der Waals surface area contributed by atoms with Gasteiger partial charge >= 0.3 is 5.97 Å². The number of rotatable bonds is 5. The van der Waals surface area contributed by atoms with E-state index in [0.717, 1.165) is 35.2 Å². The number of aromatic nitrogens is 2. The lowest BCUT2D eigenvalue weighted by atomic mass is 9.89. The van der Waals surface area contributed by atoms with Gasteiger partial charge in [-0.3, -0.25) is 9.36 Å². The molecule has 3 heterocycles. The van der Waals surface area contributed by atoms with E-state index in [1.54, 1.807) is 28.0 Å². The number of nitrogens with zero attached hydrogens (tertiary/aromatic N) is 2. The molecule has 1 aromatic carbocycles. The van der Waals surface area contributed by atoms with Crippen molar-refractivity contribution in [3.05, 3.63) is 74.8 Å². The molecular weight excluding hydrogens is 444 g/mol. The molecule has 0 amide bonds. The summed E-state index contributed by atoms with van der Waals surface area (Å²) in [7, 11) is 1.32. The van der Waals surface area contributed by atoms with Gasteiger partial charge in [0.25, 0.3) is 5.56 Å². The second-order valence-electron chi connectivity index (χ2n) is 7.95. The second-order valence-corrected chi connectivity index (χ2v) is 9.97. The molecule has 32 heavy (non-hydrogen) atoms. The number of esters is 1. The van der Waals surface area contributed by atoms with E-state index in [1.807, 2.05) is 30.3 Å². The van der Waals surface area contributed by atoms with Crippen LogP contribution in [0.2, 0.25) is 0 Å². The van der Waals surface area contributed by atoms with Gasteiger partial charge in [0.15, 0.2) is 5.16 Å². The Morgan fingerprint density at radius 1 is 1.28 bits per heavy atom. The lowest BCUT2D eigenvalue weighted by molar-refractivity contribution is 0.0563. The van der Waals surface area contributed by atoms with E-state index in [2.05, 4.69) is 6.92 Å². The molecule has 0 saturated carbocycles. The van der Waals surface area contributed by atoms with E-state index in [1.165, 1.54) is 29.3 Å². The van der Waals surface area contributed by atoms with Crippen molar-refractivity contribution in [1.82, 2.24) is 9.55 Å². The number of hydrogen-bond acceptors (Lipinski definition) is 7. The van der Waals surface area contributed by atoms with E-state index in [-0.39, 0.29) is 11.3 Å². The first-order valence-electron chi connectivity index (χ1n) is 10.5. The highest BCUT2D eigenvalue weighted by molar-refractivity contribution is 7.98. The highest BCUT2D eigenvalue weighted by atomic mass is 32.2. The Hall–Kier alpha value is -2.84. The number of thiophene rings is 1. The number of thioether (sulfide) groups is 1. The van der Waals surface area contributed by atoms with Gasteiger partial charge in [0, 0.05) is 4.88 Å². The molecule has 0 aliphatic heterocycles. The molecule has 1 atom stereocenters. The van der Waals surface area contributed by atoms with Gasteiger partial charge in [-0.1, -0.05) is 36.9 Å². The smallest absolute Gasteiger partial charge is 0.373 e. The van der Waals surface area contributed by atoms with E-state index in [0.29, 0.717) is 22.6 Å². The van der Waals surface area contributed by atoms with E-state index in [9.17, 15) is 9.59 Å². The van der Waals surface area contributed by atoms with Gasteiger partial charge in [-0.25, -0.2) is 9.78 Å². The first-order chi connectivity index (χ1) is 15.5. The average Bonchev–Trinajstić information content (AvgIpc) is 3.42. The molecule has 0 radical (unpaired) electrons. The highest BCUT2D eigenvalue weighted by Gasteiger charge is 2.25. The maximum Gasteiger partial charge on any atom is 0.373 e. The summed E-state index contributed by atoms with van der Waals surface area (Å²) in [4.78, 5) is 32.4. The molecule has 4 aromatic rings. The number of methoxy groups -OCH3 is 1. The van der Waals surface area contributed by atoms with Crippen molar-refractivity contribution in [2.75, 3.05) is 7.11 Å². The van der Waals surface area contributed by atoms with Crippen LogP contribution in [0.4, 0.5) is 0 Å². The lowest BCUT2D eigenvalue weighted by Gasteiger charge is -2.17. The average molecular weight is 467 g/mol. The number of hydrogen-bond donors (Lipinski definition) is 0. The van der Waals surface area contributed by atoms with Crippen LogP contribution in [-0.4, -0.2) is 22.6 Å². The molecule has 0 spiro atoms. The minimum Gasteiger partial charge on any atom is -0.463 e. The minimum atomic E-state index is -0.514. The summed E-state index contributed by atoms with van der Waals surface area (Å²) in [5.74, 6) is 1.32. The van der Waals surface area contributed by atoms with Gasteiger partial charge in [-0.2, -0.15) is 0 Å². The van der Waals surface area contributed by atoms with E-state index < -0.39 is 5.97 Å². The van der Waals surface area contributed by atoms with Crippen molar-refractivity contribution in [2.24, 2.45) is 5.92 Å². The monoisotopic (exact) mass is 466 g/mol. The molecule has 0 bridgehead atoms. The van der Waals surface area contributed by atoms with Crippen molar-refractivity contribution in [3.63, 3.8) is 0 Å². The SMILES string of the molecule is COC(=O)c1ccc(CSc2nc3sc4c(c3c(=O)n2-c2ccccc2)CC[C@H](C)C4)o1. The molecule has 1 aliphatic carbocycles. The van der Waals surface area contributed by atoms with Gasteiger partial charge in [0.05, 0.1) is 23.9 Å². The highest BCUT2D eigenvalue weighted by Crippen LogP contribution is 2.37. The molecule has 164 valence electrons. The number of benzene rings is 1. The van der Waals surface area contributed by atoms with Crippen LogP contribution in [0.25, 0.3) is 15.9 Å². The Balaban J connectivity index is 1.58. The molecule has 0 fully saturated rings. The van der Waals surface area contributed by atoms with Crippen LogP contribution >= 0.6 is 23.1 Å². The first-order valence-corrected chi connectivity index (χ1v) is 12.3. The molecule has 0 saturated heterocycles. The number of carbonyl (C=O) groups excluding carboxylic acids is 1. The third-order valence-electron chi connectivity index (χ3n) is 5.70. The molecular formula is C24H22N2O4S2. The Kier molecular flexibility index (Phi) is 5.65. The third-order valence-corrected chi connectivity index (χ3v) is 7.81. The Morgan fingerprint density at radius 3 is 2.88 bits per heavy atom. The molecule has 3 aromatic heterocycles. The van der Waals surface area contributed by atoms with Crippen LogP contribution < -0.4 is 5.56 Å². The van der Waals surface area contributed by atoms with Crippen LogP contribution in [0.1, 0.15) is 40.1 Å². The van der Waals surface area contributed by atoms with Crippen LogP contribution in [-0.2, 0) is 23.3 Å². The summed E-state index contributed by atoms with van der Waals surface area (Å²) in [6, 6.07) is 12.9. The van der Waals surface area contributed by atoms with Gasteiger partial charge in [-0.05, 0) is 55.0 Å². The standard InChI is InChI=1S/C24H22N2O4S2/c1-14-8-10-17-19(12-14)32-21-20(17)22(27)26(15-6-4-3-5-7-15)24(25-21)31-13-16-9-11-18(30-16)23(28)29-2/h3-7,9,11,14H,8,10,12-13H2,1-2H3/t14-/m0/s1. The van der Waals surface area contributed by atoms with Crippen molar-refractivity contribution in [1.29, 1.82) is 0 Å². The number of fused-ring (bicyclic) bond motifs is 3. The maximum absolute atomic E-state index is 13.7.